The van der Waals surface area contributed by atoms with E-state index in [2.05, 4.69) is 22.6 Å². The van der Waals surface area contributed by atoms with E-state index >= 15 is 0 Å². The summed E-state index contributed by atoms with van der Waals surface area (Å²) in [6, 6.07) is 0.787. The van der Waals surface area contributed by atoms with Gasteiger partial charge in [-0.1, -0.05) is 0 Å². The lowest BCUT2D eigenvalue weighted by Crippen LogP contribution is -2.37. The number of hydrogen-bond donors (Lipinski definition) is 2. The van der Waals surface area contributed by atoms with Gasteiger partial charge in [0.25, 0.3) is 0 Å². The van der Waals surface area contributed by atoms with Crippen LogP contribution < -0.4 is 10.6 Å². The normalized spacial score (nSPS) is 24.9. The molecule has 0 bridgehead atoms. The van der Waals surface area contributed by atoms with Crippen LogP contribution in [0.4, 0.5) is 0 Å². The van der Waals surface area contributed by atoms with E-state index in [-0.39, 0.29) is 5.91 Å². The average molecular weight is 239 g/mol. The second kappa shape index (κ2) is 6.36. The van der Waals surface area contributed by atoms with Gasteiger partial charge in [-0.2, -0.15) is 0 Å². The Morgan fingerprint density at radius 1 is 1.41 bits per heavy atom. The fraction of sp³-hybridized carbons (Fsp3) is 0.923. The summed E-state index contributed by atoms with van der Waals surface area (Å²) in [6.07, 6.45) is 5.77. The molecule has 2 N–H and O–H groups in total. The summed E-state index contributed by atoms with van der Waals surface area (Å²) in [4.78, 5) is 14.1. The van der Waals surface area contributed by atoms with E-state index in [4.69, 9.17) is 0 Å². The average Bonchev–Trinajstić information content (AvgIpc) is 3.14. The van der Waals surface area contributed by atoms with Crippen LogP contribution in [0.5, 0.6) is 0 Å². The minimum absolute atomic E-state index is 0.225. The van der Waals surface area contributed by atoms with Crippen molar-refractivity contribution in [1.82, 2.24) is 15.5 Å². The van der Waals surface area contributed by atoms with Gasteiger partial charge in [0.2, 0.25) is 5.91 Å². The summed E-state index contributed by atoms with van der Waals surface area (Å²) < 4.78 is 0. The van der Waals surface area contributed by atoms with Crippen LogP contribution in [-0.2, 0) is 4.79 Å². The number of hydrogen-bond acceptors (Lipinski definition) is 3. The first-order chi connectivity index (χ1) is 8.25. The van der Waals surface area contributed by atoms with Gasteiger partial charge in [0, 0.05) is 25.6 Å². The predicted octanol–water partition coefficient (Wildman–Crippen LogP) is 0.587. The number of carbonyl (C=O) groups is 1. The minimum atomic E-state index is 0.225. The molecule has 1 heterocycles. The summed E-state index contributed by atoms with van der Waals surface area (Å²) >= 11 is 0. The largest absolute Gasteiger partial charge is 0.355 e. The van der Waals surface area contributed by atoms with Crippen molar-refractivity contribution in [3.63, 3.8) is 0 Å². The Kier molecular flexibility index (Phi) is 4.80. The van der Waals surface area contributed by atoms with E-state index in [0.717, 1.165) is 32.2 Å². The summed E-state index contributed by atoms with van der Waals surface area (Å²) in [6.45, 7) is 3.91. The molecule has 0 aromatic rings. The van der Waals surface area contributed by atoms with Crippen molar-refractivity contribution in [2.24, 2.45) is 5.92 Å². The maximum Gasteiger partial charge on any atom is 0.220 e. The molecule has 98 valence electrons. The van der Waals surface area contributed by atoms with Crippen molar-refractivity contribution in [3.05, 3.63) is 0 Å². The predicted molar refractivity (Wildman–Crippen MR) is 68.9 cm³/mol. The van der Waals surface area contributed by atoms with Crippen molar-refractivity contribution in [2.45, 2.75) is 38.1 Å². The molecule has 2 rings (SSSR count). The lowest BCUT2D eigenvalue weighted by molar-refractivity contribution is -0.122. The van der Waals surface area contributed by atoms with Crippen molar-refractivity contribution >= 4 is 5.91 Å². The van der Waals surface area contributed by atoms with Gasteiger partial charge in [0.05, 0.1) is 0 Å². The van der Waals surface area contributed by atoms with Crippen LogP contribution in [-0.4, -0.2) is 50.1 Å². The fourth-order valence-electron chi connectivity index (χ4n) is 2.50. The zero-order valence-electron chi connectivity index (χ0n) is 10.9. The number of nitrogens with zero attached hydrogens (tertiary/aromatic N) is 1. The second-order valence-corrected chi connectivity index (χ2v) is 5.48. The fourth-order valence-corrected chi connectivity index (χ4v) is 2.50. The highest BCUT2D eigenvalue weighted by Gasteiger charge is 2.25. The number of likely N-dealkylation sites (N-methyl/N-ethyl adjacent to an activating group) is 1. The minimum Gasteiger partial charge on any atom is -0.355 e. The molecule has 0 radical (unpaired) electrons. The summed E-state index contributed by atoms with van der Waals surface area (Å²) in [7, 11) is 2.15. The van der Waals surface area contributed by atoms with Crippen LogP contribution in [0, 0.1) is 5.92 Å². The van der Waals surface area contributed by atoms with E-state index in [0.29, 0.717) is 12.3 Å². The van der Waals surface area contributed by atoms with Gasteiger partial charge >= 0.3 is 0 Å². The summed E-state index contributed by atoms with van der Waals surface area (Å²) in [5.41, 5.74) is 0. The summed E-state index contributed by atoms with van der Waals surface area (Å²) in [5.74, 6) is 0.771. The van der Waals surface area contributed by atoms with E-state index < -0.39 is 0 Å². The lowest BCUT2D eigenvalue weighted by Gasteiger charge is -2.22. The van der Waals surface area contributed by atoms with Gasteiger partial charge in [-0.3, -0.25) is 4.79 Å². The van der Waals surface area contributed by atoms with E-state index in [1.807, 2.05) is 0 Å². The highest BCUT2D eigenvalue weighted by Crippen LogP contribution is 2.24. The first-order valence-corrected chi connectivity index (χ1v) is 6.93. The highest BCUT2D eigenvalue weighted by molar-refractivity contribution is 5.76. The molecule has 1 aliphatic carbocycles. The van der Waals surface area contributed by atoms with Crippen LogP contribution in [0.1, 0.15) is 32.1 Å². The second-order valence-electron chi connectivity index (χ2n) is 5.48. The van der Waals surface area contributed by atoms with Gasteiger partial charge in [-0.25, -0.2) is 0 Å². The molecule has 2 aliphatic rings. The molecule has 1 saturated heterocycles. The Labute approximate surface area is 104 Å². The number of carbonyl (C=O) groups excluding carboxylic acids is 1. The van der Waals surface area contributed by atoms with E-state index in [1.54, 1.807) is 0 Å². The Balaban J connectivity index is 1.53. The quantitative estimate of drug-likeness (QED) is 0.713. The molecule has 1 amide bonds. The van der Waals surface area contributed by atoms with Crippen LogP contribution in [0.25, 0.3) is 0 Å². The van der Waals surface area contributed by atoms with Crippen LogP contribution in [0.2, 0.25) is 0 Å². The molecule has 0 aromatic heterocycles. The molecular weight excluding hydrogens is 214 g/mol. The molecule has 0 spiro atoms. The van der Waals surface area contributed by atoms with Gasteiger partial charge in [0.1, 0.15) is 0 Å². The molecule has 4 nitrogen and oxygen atoms in total. The molecule has 4 heteroatoms. The van der Waals surface area contributed by atoms with Gasteiger partial charge in [-0.05, 0) is 51.7 Å². The third-order valence-electron chi connectivity index (χ3n) is 3.83. The number of nitrogens with one attached hydrogen (secondary N) is 2. The molecule has 1 saturated carbocycles. The van der Waals surface area contributed by atoms with Crippen molar-refractivity contribution < 1.29 is 4.79 Å². The maximum atomic E-state index is 11.7. The Morgan fingerprint density at radius 3 is 2.88 bits per heavy atom. The van der Waals surface area contributed by atoms with Crippen LogP contribution in [0.3, 0.4) is 0 Å². The molecular formula is C13H25N3O. The van der Waals surface area contributed by atoms with Gasteiger partial charge in [0.15, 0.2) is 0 Å². The van der Waals surface area contributed by atoms with Crippen LogP contribution >= 0.6 is 0 Å². The number of amides is 1. The molecule has 1 aliphatic heterocycles. The molecule has 17 heavy (non-hydrogen) atoms. The van der Waals surface area contributed by atoms with E-state index in [9.17, 15) is 4.79 Å². The maximum absolute atomic E-state index is 11.7. The van der Waals surface area contributed by atoms with Crippen LogP contribution in [0.15, 0.2) is 0 Å². The van der Waals surface area contributed by atoms with E-state index in [1.165, 1.54) is 25.7 Å². The first kappa shape index (κ1) is 12.8. The molecule has 1 atom stereocenters. The Morgan fingerprint density at radius 2 is 2.24 bits per heavy atom. The molecule has 0 aromatic carbocycles. The van der Waals surface area contributed by atoms with Crippen molar-refractivity contribution in [2.75, 3.05) is 33.2 Å². The van der Waals surface area contributed by atoms with Gasteiger partial charge in [-0.15, -0.1) is 0 Å². The Bertz CT molecular complexity index is 247. The van der Waals surface area contributed by atoms with Crippen molar-refractivity contribution in [3.8, 4) is 0 Å². The standard InChI is InChI=1S/C13H25N3O/c1-16(12-4-5-12)8-7-15-13(17)9-11-3-2-6-14-10-11/h11-12,14H,2-10H2,1H3,(H,15,17). The topological polar surface area (TPSA) is 44.4 Å². The first-order valence-electron chi connectivity index (χ1n) is 6.93. The monoisotopic (exact) mass is 239 g/mol. The third kappa shape index (κ3) is 4.64. The zero-order chi connectivity index (χ0) is 12.1. The number of piperidine rings is 1. The Hall–Kier alpha value is -0.610. The SMILES string of the molecule is CN(CCNC(=O)CC1CCCNC1)C1CC1. The summed E-state index contributed by atoms with van der Waals surface area (Å²) in [5, 5.41) is 6.38. The molecule has 2 fully saturated rings. The lowest BCUT2D eigenvalue weighted by atomic mass is 9.96. The van der Waals surface area contributed by atoms with Crippen molar-refractivity contribution in [1.29, 1.82) is 0 Å². The smallest absolute Gasteiger partial charge is 0.220 e. The highest BCUT2D eigenvalue weighted by atomic mass is 16.1. The zero-order valence-corrected chi connectivity index (χ0v) is 10.9. The molecule has 1 unspecified atom stereocenters. The third-order valence-corrected chi connectivity index (χ3v) is 3.83. The number of rotatable bonds is 6. The van der Waals surface area contributed by atoms with Gasteiger partial charge < -0.3 is 15.5 Å².